The molecule has 1 aliphatic rings. The third-order valence-corrected chi connectivity index (χ3v) is 2.46. The summed E-state index contributed by atoms with van der Waals surface area (Å²) in [5, 5.41) is 3.36. The van der Waals surface area contributed by atoms with E-state index >= 15 is 0 Å². The van der Waals surface area contributed by atoms with Gasteiger partial charge in [0, 0.05) is 30.1 Å². The van der Waals surface area contributed by atoms with Gasteiger partial charge in [0.05, 0.1) is 7.11 Å². The highest BCUT2D eigenvalue weighted by atomic mass is 16.5. The van der Waals surface area contributed by atoms with E-state index in [-0.39, 0.29) is 0 Å². The van der Waals surface area contributed by atoms with Gasteiger partial charge in [-0.15, -0.1) is 0 Å². The molecule has 0 unspecified atom stereocenters. The van der Waals surface area contributed by atoms with Crippen molar-refractivity contribution in [3.8, 4) is 5.75 Å². The van der Waals surface area contributed by atoms with Crippen molar-refractivity contribution < 1.29 is 4.74 Å². The van der Waals surface area contributed by atoms with Gasteiger partial charge >= 0.3 is 0 Å². The Morgan fingerprint density at radius 1 is 1.43 bits per heavy atom. The third-order valence-electron chi connectivity index (χ3n) is 2.46. The van der Waals surface area contributed by atoms with E-state index in [1.807, 2.05) is 18.2 Å². The second kappa shape index (κ2) is 3.78. The van der Waals surface area contributed by atoms with Gasteiger partial charge < -0.3 is 15.8 Å². The van der Waals surface area contributed by atoms with Crippen molar-refractivity contribution in [3.63, 3.8) is 0 Å². The molecule has 0 amide bonds. The number of ether oxygens (including phenoxy) is 1. The van der Waals surface area contributed by atoms with Crippen LogP contribution in [0.15, 0.2) is 18.2 Å². The summed E-state index contributed by atoms with van der Waals surface area (Å²) in [7, 11) is 1.65. The molecule has 3 nitrogen and oxygen atoms in total. The van der Waals surface area contributed by atoms with Crippen LogP contribution in [0.25, 0.3) is 0 Å². The highest BCUT2D eigenvalue weighted by molar-refractivity contribution is 5.59. The van der Waals surface area contributed by atoms with E-state index in [0.717, 1.165) is 29.6 Å². The number of nitrogen functional groups attached to an aromatic ring is 1. The Hall–Kier alpha value is -1.38. The van der Waals surface area contributed by atoms with E-state index in [1.165, 1.54) is 12.8 Å². The number of benzene rings is 1. The minimum atomic E-state index is 0.739. The van der Waals surface area contributed by atoms with Crippen molar-refractivity contribution in [2.24, 2.45) is 5.92 Å². The normalized spacial score (nSPS) is 15.2. The van der Waals surface area contributed by atoms with Crippen LogP contribution in [0.4, 0.5) is 11.4 Å². The Bertz CT molecular complexity index is 321. The van der Waals surface area contributed by atoms with Crippen LogP contribution in [0, 0.1) is 5.92 Å². The molecule has 1 aromatic rings. The Morgan fingerprint density at radius 2 is 2.21 bits per heavy atom. The smallest absolute Gasteiger partial charge is 0.122 e. The molecule has 2 rings (SSSR count). The molecule has 1 aromatic carbocycles. The minimum Gasteiger partial charge on any atom is -0.497 e. The van der Waals surface area contributed by atoms with E-state index in [1.54, 1.807) is 7.11 Å². The SMILES string of the molecule is COc1cc(N)cc(NCC2CC2)c1. The number of nitrogens with two attached hydrogens (primary N) is 1. The molecule has 0 bridgehead atoms. The molecule has 0 heterocycles. The molecule has 1 fully saturated rings. The molecule has 1 aliphatic carbocycles. The van der Waals surface area contributed by atoms with Gasteiger partial charge in [0.25, 0.3) is 0 Å². The van der Waals surface area contributed by atoms with Crippen molar-refractivity contribution in [1.82, 2.24) is 0 Å². The lowest BCUT2D eigenvalue weighted by molar-refractivity contribution is 0.415. The Kier molecular flexibility index (Phi) is 2.48. The van der Waals surface area contributed by atoms with E-state index < -0.39 is 0 Å². The Balaban J connectivity index is 2.03. The van der Waals surface area contributed by atoms with Crippen LogP contribution >= 0.6 is 0 Å². The summed E-state index contributed by atoms with van der Waals surface area (Å²) in [6.07, 6.45) is 2.71. The molecule has 0 aliphatic heterocycles. The maximum absolute atomic E-state index is 5.74. The van der Waals surface area contributed by atoms with Crippen LogP contribution in [-0.2, 0) is 0 Å². The monoisotopic (exact) mass is 192 g/mol. The van der Waals surface area contributed by atoms with Gasteiger partial charge in [-0.05, 0) is 24.8 Å². The largest absolute Gasteiger partial charge is 0.497 e. The minimum absolute atomic E-state index is 0.739. The van der Waals surface area contributed by atoms with Crippen LogP contribution < -0.4 is 15.8 Å². The second-order valence-electron chi connectivity index (χ2n) is 3.82. The predicted molar refractivity (Wildman–Crippen MR) is 58.6 cm³/mol. The predicted octanol–water partition coefficient (Wildman–Crippen LogP) is 2.10. The van der Waals surface area contributed by atoms with E-state index in [9.17, 15) is 0 Å². The zero-order valence-electron chi connectivity index (χ0n) is 8.42. The van der Waals surface area contributed by atoms with Crippen molar-refractivity contribution in [3.05, 3.63) is 18.2 Å². The standard InChI is InChI=1S/C11H16N2O/c1-14-11-5-9(12)4-10(6-11)13-7-8-2-3-8/h4-6,8,13H,2-3,7,12H2,1H3. The highest BCUT2D eigenvalue weighted by Gasteiger charge is 2.20. The number of nitrogens with one attached hydrogen (secondary N) is 1. The summed E-state index contributed by atoms with van der Waals surface area (Å²) >= 11 is 0. The third kappa shape index (κ3) is 2.31. The second-order valence-corrected chi connectivity index (χ2v) is 3.82. The molecule has 3 heteroatoms. The molecular weight excluding hydrogens is 176 g/mol. The first kappa shape index (κ1) is 9.19. The number of hydrogen-bond donors (Lipinski definition) is 2. The van der Waals surface area contributed by atoms with E-state index in [0.29, 0.717) is 0 Å². The lowest BCUT2D eigenvalue weighted by atomic mass is 10.2. The van der Waals surface area contributed by atoms with Crippen molar-refractivity contribution in [2.75, 3.05) is 24.7 Å². The van der Waals surface area contributed by atoms with Gasteiger partial charge in [0.2, 0.25) is 0 Å². The Labute approximate surface area is 84.3 Å². The number of methoxy groups -OCH3 is 1. The van der Waals surface area contributed by atoms with Crippen LogP contribution in [0.1, 0.15) is 12.8 Å². The Morgan fingerprint density at radius 3 is 2.86 bits per heavy atom. The zero-order valence-corrected chi connectivity index (χ0v) is 8.42. The molecule has 0 atom stereocenters. The topological polar surface area (TPSA) is 47.3 Å². The van der Waals surface area contributed by atoms with Crippen LogP contribution in [-0.4, -0.2) is 13.7 Å². The van der Waals surface area contributed by atoms with Gasteiger partial charge in [-0.3, -0.25) is 0 Å². The van der Waals surface area contributed by atoms with Crippen LogP contribution in [0.3, 0.4) is 0 Å². The van der Waals surface area contributed by atoms with Gasteiger partial charge in [0.15, 0.2) is 0 Å². The van der Waals surface area contributed by atoms with Crippen molar-refractivity contribution >= 4 is 11.4 Å². The van der Waals surface area contributed by atoms with Crippen molar-refractivity contribution in [2.45, 2.75) is 12.8 Å². The maximum Gasteiger partial charge on any atom is 0.122 e. The van der Waals surface area contributed by atoms with Gasteiger partial charge in [0.1, 0.15) is 5.75 Å². The quantitative estimate of drug-likeness (QED) is 0.718. The summed E-state index contributed by atoms with van der Waals surface area (Å²) < 4.78 is 5.14. The molecule has 0 saturated heterocycles. The molecule has 14 heavy (non-hydrogen) atoms. The summed E-state index contributed by atoms with van der Waals surface area (Å²) in [6.45, 7) is 1.05. The first-order valence-electron chi connectivity index (χ1n) is 4.96. The maximum atomic E-state index is 5.74. The summed E-state index contributed by atoms with van der Waals surface area (Å²) in [5.74, 6) is 1.67. The first-order valence-corrected chi connectivity index (χ1v) is 4.96. The molecule has 76 valence electrons. The average Bonchev–Trinajstić information content (AvgIpc) is 2.97. The average molecular weight is 192 g/mol. The fraction of sp³-hybridized carbons (Fsp3) is 0.455. The van der Waals surface area contributed by atoms with Gasteiger partial charge in [-0.25, -0.2) is 0 Å². The summed E-state index contributed by atoms with van der Waals surface area (Å²) in [5.41, 5.74) is 7.53. The fourth-order valence-electron chi connectivity index (χ4n) is 1.43. The number of rotatable bonds is 4. The number of hydrogen-bond acceptors (Lipinski definition) is 3. The van der Waals surface area contributed by atoms with Crippen molar-refractivity contribution in [1.29, 1.82) is 0 Å². The zero-order chi connectivity index (χ0) is 9.97. The molecule has 0 spiro atoms. The summed E-state index contributed by atoms with van der Waals surface area (Å²) in [6, 6.07) is 5.73. The molecule has 1 saturated carbocycles. The first-order chi connectivity index (χ1) is 6.78. The molecule has 0 aromatic heterocycles. The molecule has 0 radical (unpaired) electrons. The van der Waals surface area contributed by atoms with Gasteiger partial charge in [-0.2, -0.15) is 0 Å². The van der Waals surface area contributed by atoms with E-state index in [4.69, 9.17) is 10.5 Å². The lowest BCUT2D eigenvalue weighted by Gasteiger charge is -2.08. The molecular formula is C11H16N2O. The fourth-order valence-corrected chi connectivity index (χ4v) is 1.43. The van der Waals surface area contributed by atoms with Gasteiger partial charge in [-0.1, -0.05) is 0 Å². The highest BCUT2D eigenvalue weighted by Crippen LogP contribution is 2.30. The summed E-state index contributed by atoms with van der Waals surface area (Å²) in [4.78, 5) is 0. The van der Waals surface area contributed by atoms with Crippen LogP contribution in [0.5, 0.6) is 5.75 Å². The molecule has 3 N–H and O–H groups in total. The number of anilines is 2. The van der Waals surface area contributed by atoms with Crippen LogP contribution in [0.2, 0.25) is 0 Å². The lowest BCUT2D eigenvalue weighted by Crippen LogP contribution is -2.03. The van der Waals surface area contributed by atoms with E-state index in [2.05, 4.69) is 5.32 Å².